The van der Waals surface area contributed by atoms with E-state index in [-0.39, 0.29) is 0 Å². The van der Waals surface area contributed by atoms with Crippen molar-refractivity contribution in [3.05, 3.63) is 18.7 Å². The third-order valence-electron chi connectivity index (χ3n) is 2.08. The van der Waals surface area contributed by atoms with Crippen molar-refractivity contribution >= 4 is 0 Å². The van der Waals surface area contributed by atoms with E-state index in [1.54, 1.807) is 0 Å². The van der Waals surface area contributed by atoms with Gasteiger partial charge in [-0.25, -0.2) is 9.13 Å². The molecule has 0 saturated heterocycles. The monoisotopic (exact) mass is 167 g/mol. The number of aryl methyl sites for hydroxylation is 2. The van der Waals surface area contributed by atoms with Crippen molar-refractivity contribution < 1.29 is 4.57 Å². The van der Waals surface area contributed by atoms with Gasteiger partial charge in [-0.3, -0.25) is 0 Å². The molecule has 12 heavy (non-hydrogen) atoms. The largest absolute Gasteiger partial charge is 0.243 e. The predicted octanol–water partition coefficient (Wildman–Crippen LogP) is 1.84. The predicted molar refractivity (Wildman–Crippen MR) is 49.8 cm³/mol. The number of imidazole rings is 1. The van der Waals surface area contributed by atoms with Crippen molar-refractivity contribution in [3.63, 3.8) is 0 Å². The van der Waals surface area contributed by atoms with E-state index in [4.69, 9.17) is 0 Å². The van der Waals surface area contributed by atoms with Crippen molar-refractivity contribution in [1.82, 2.24) is 4.57 Å². The standard InChI is InChI=1S/C10H19N2/c1-4-11-7-8-12(9-11)6-5-10(2)3/h7-10H,4-6H2,1-3H3/q+1. The van der Waals surface area contributed by atoms with Gasteiger partial charge in [0.1, 0.15) is 12.4 Å². The Balaban J connectivity index is 2.41. The quantitative estimate of drug-likeness (QED) is 0.605. The molecule has 1 heterocycles. The molecule has 0 aromatic carbocycles. The fourth-order valence-corrected chi connectivity index (χ4v) is 1.17. The third kappa shape index (κ3) is 2.68. The number of hydrogen-bond acceptors (Lipinski definition) is 0. The molecule has 1 aromatic heterocycles. The lowest BCUT2D eigenvalue weighted by Gasteiger charge is -1.99. The van der Waals surface area contributed by atoms with Crippen LogP contribution in [0.25, 0.3) is 0 Å². The first-order valence-electron chi connectivity index (χ1n) is 4.77. The minimum Gasteiger partial charge on any atom is -0.237 e. The molecule has 68 valence electrons. The first-order valence-corrected chi connectivity index (χ1v) is 4.77. The topological polar surface area (TPSA) is 8.81 Å². The molecule has 0 aliphatic heterocycles. The highest BCUT2D eigenvalue weighted by atomic mass is 15.1. The van der Waals surface area contributed by atoms with Crippen molar-refractivity contribution in [3.8, 4) is 0 Å². The fourth-order valence-electron chi connectivity index (χ4n) is 1.17. The molecule has 2 nitrogen and oxygen atoms in total. The molecule has 0 atom stereocenters. The number of aromatic nitrogens is 2. The Morgan fingerprint density at radius 2 is 2.17 bits per heavy atom. The highest BCUT2D eigenvalue weighted by Crippen LogP contribution is 1.97. The average molecular weight is 167 g/mol. The molecule has 0 aliphatic rings. The lowest BCUT2D eigenvalue weighted by atomic mass is 10.1. The molecule has 2 heteroatoms. The second-order valence-electron chi connectivity index (χ2n) is 3.66. The van der Waals surface area contributed by atoms with Gasteiger partial charge >= 0.3 is 0 Å². The highest BCUT2D eigenvalue weighted by molar-refractivity contribution is 4.64. The Bertz CT molecular complexity index is 225. The second-order valence-corrected chi connectivity index (χ2v) is 3.66. The molecular formula is C10H19N2+. The van der Waals surface area contributed by atoms with Gasteiger partial charge in [-0.2, -0.15) is 0 Å². The minimum absolute atomic E-state index is 0.794. The summed E-state index contributed by atoms with van der Waals surface area (Å²) in [4.78, 5) is 0. The zero-order valence-corrected chi connectivity index (χ0v) is 8.33. The minimum atomic E-state index is 0.794. The van der Waals surface area contributed by atoms with Crippen LogP contribution in [0.2, 0.25) is 0 Å². The smallest absolute Gasteiger partial charge is 0.237 e. The van der Waals surface area contributed by atoms with Gasteiger partial charge in [0.15, 0.2) is 0 Å². The zero-order valence-electron chi connectivity index (χ0n) is 8.33. The van der Waals surface area contributed by atoms with Gasteiger partial charge in [-0.05, 0) is 19.3 Å². The molecule has 0 amide bonds. The summed E-state index contributed by atoms with van der Waals surface area (Å²) in [5, 5.41) is 0. The van der Waals surface area contributed by atoms with Gasteiger partial charge in [0.2, 0.25) is 6.33 Å². The molecule has 0 radical (unpaired) electrons. The lowest BCUT2D eigenvalue weighted by Crippen LogP contribution is -2.31. The van der Waals surface area contributed by atoms with E-state index in [9.17, 15) is 0 Å². The van der Waals surface area contributed by atoms with E-state index in [0.717, 1.165) is 19.0 Å². The molecule has 1 rings (SSSR count). The number of hydrogen-bond donors (Lipinski definition) is 0. The van der Waals surface area contributed by atoms with E-state index in [0.29, 0.717) is 0 Å². The second kappa shape index (κ2) is 4.29. The molecular weight excluding hydrogens is 148 g/mol. The van der Waals surface area contributed by atoms with Gasteiger partial charge in [-0.15, -0.1) is 0 Å². The lowest BCUT2D eigenvalue weighted by molar-refractivity contribution is -0.697. The van der Waals surface area contributed by atoms with Gasteiger partial charge in [0.05, 0.1) is 13.1 Å². The maximum Gasteiger partial charge on any atom is 0.243 e. The molecule has 0 aliphatic carbocycles. The molecule has 0 fully saturated rings. The van der Waals surface area contributed by atoms with Crippen LogP contribution in [0.4, 0.5) is 0 Å². The van der Waals surface area contributed by atoms with Crippen molar-refractivity contribution in [1.29, 1.82) is 0 Å². The van der Waals surface area contributed by atoms with Gasteiger partial charge in [-0.1, -0.05) is 13.8 Å². The van der Waals surface area contributed by atoms with E-state index in [1.807, 2.05) is 0 Å². The van der Waals surface area contributed by atoms with E-state index >= 15 is 0 Å². The maximum atomic E-state index is 2.26. The number of nitrogens with zero attached hydrogens (tertiary/aromatic N) is 2. The normalized spacial score (nSPS) is 11.0. The van der Waals surface area contributed by atoms with Crippen LogP contribution in [0.3, 0.4) is 0 Å². The summed E-state index contributed by atoms with van der Waals surface area (Å²) in [6, 6.07) is 0. The van der Waals surface area contributed by atoms with Crippen LogP contribution in [-0.4, -0.2) is 4.57 Å². The summed E-state index contributed by atoms with van der Waals surface area (Å²) < 4.78 is 4.45. The average Bonchev–Trinajstić information content (AvgIpc) is 2.48. The van der Waals surface area contributed by atoms with Crippen LogP contribution in [-0.2, 0) is 13.1 Å². The van der Waals surface area contributed by atoms with E-state index < -0.39 is 0 Å². The van der Waals surface area contributed by atoms with Crippen LogP contribution in [0.5, 0.6) is 0 Å². The SMILES string of the molecule is CCn1cc[n+](CCC(C)C)c1. The maximum absolute atomic E-state index is 2.26. The Kier molecular flexibility index (Phi) is 3.32. The summed E-state index contributed by atoms with van der Waals surface area (Å²) in [6.45, 7) is 8.89. The highest BCUT2D eigenvalue weighted by Gasteiger charge is 2.02. The first-order chi connectivity index (χ1) is 5.72. The Morgan fingerprint density at radius 1 is 1.42 bits per heavy atom. The molecule has 0 bridgehead atoms. The summed E-state index contributed by atoms with van der Waals surface area (Å²) in [6.07, 6.45) is 7.70. The van der Waals surface area contributed by atoms with Crippen LogP contribution in [0.1, 0.15) is 27.2 Å². The molecule has 0 saturated carbocycles. The molecule has 0 unspecified atom stereocenters. The van der Waals surface area contributed by atoms with Crippen molar-refractivity contribution in [2.45, 2.75) is 40.3 Å². The Hall–Kier alpha value is -0.790. The summed E-state index contributed by atoms with van der Waals surface area (Å²) in [7, 11) is 0. The van der Waals surface area contributed by atoms with Gasteiger partial charge < -0.3 is 0 Å². The molecule has 0 spiro atoms. The van der Waals surface area contributed by atoms with E-state index in [2.05, 4.69) is 48.6 Å². The van der Waals surface area contributed by atoms with Crippen LogP contribution in [0.15, 0.2) is 18.7 Å². The fraction of sp³-hybridized carbons (Fsp3) is 0.700. The van der Waals surface area contributed by atoms with Crippen molar-refractivity contribution in [2.75, 3.05) is 0 Å². The Morgan fingerprint density at radius 3 is 2.67 bits per heavy atom. The first kappa shape index (κ1) is 9.30. The van der Waals surface area contributed by atoms with Gasteiger partial charge in [0, 0.05) is 0 Å². The Labute approximate surface area is 74.8 Å². The van der Waals surface area contributed by atoms with E-state index in [1.165, 1.54) is 6.42 Å². The van der Waals surface area contributed by atoms with Crippen LogP contribution >= 0.6 is 0 Å². The zero-order chi connectivity index (χ0) is 8.97. The summed E-state index contributed by atoms with van der Waals surface area (Å²) in [5.41, 5.74) is 0. The van der Waals surface area contributed by atoms with Crippen LogP contribution in [0, 0.1) is 5.92 Å². The van der Waals surface area contributed by atoms with Gasteiger partial charge in [0.25, 0.3) is 0 Å². The molecule has 0 N–H and O–H groups in total. The summed E-state index contributed by atoms with van der Waals surface area (Å²) >= 11 is 0. The third-order valence-corrected chi connectivity index (χ3v) is 2.08. The number of rotatable bonds is 4. The van der Waals surface area contributed by atoms with Crippen molar-refractivity contribution in [2.24, 2.45) is 5.92 Å². The molecule has 1 aromatic rings. The summed E-state index contributed by atoms with van der Waals surface area (Å²) in [5.74, 6) is 0.794. The van der Waals surface area contributed by atoms with Crippen LogP contribution < -0.4 is 4.57 Å².